The van der Waals surface area contributed by atoms with Crippen LogP contribution in [-0.4, -0.2) is 69.2 Å². The number of rotatable bonds is 20. The van der Waals surface area contributed by atoms with Crippen LogP contribution in [-0.2, 0) is 35.2 Å². The molecule has 202 valence electrons. The molecular formula is C25H40N4O7. The molecular weight excluding hydrogens is 468 g/mol. The van der Waals surface area contributed by atoms with Crippen LogP contribution in [0.25, 0.3) is 0 Å². The Morgan fingerprint density at radius 1 is 1.06 bits per heavy atom. The van der Waals surface area contributed by atoms with Crippen LogP contribution < -0.4 is 21.7 Å². The van der Waals surface area contributed by atoms with E-state index in [1.54, 1.807) is 24.3 Å². The zero-order valence-electron chi connectivity index (χ0n) is 21.4. The van der Waals surface area contributed by atoms with Gasteiger partial charge in [-0.15, -0.1) is 0 Å². The molecule has 0 aliphatic rings. The minimum absolute atomic E-state index is 0.152. The van der Waals surface area contributed by atoms with E-state index >= 15 is 0 Å². The first kappa shape index (κ1) is 30.9. The summed E-state index contributed by atoms with van der Waals surface area (Å²) in [5.74, 6) is -0.728. The molecule has 1 aromatic rings. The summed E-state index contributed by atoms with van der Waals surface area (Å²) < 4.78 is 15.4. The number of ketones is 1. The van der Waals surface area contributed by atoms with Crippen LogP contribution in [0.3, 0.4) is 0 Å². The van der Waals surface area contributed by atoms with E-state index in [-0.39, 0.29) is 30.8 Å². The Labute approximate surface area is 212 Å². The summed E-state index contributed by atoms with van der Waals surface area (Å²) in [6, 6.07) is 5.13. The van der Waals surface area contributed by atoms with Gasteiger partial charge in [-0.05, 0) is 42.9 Å². The second kappa shape index (κ2) is 18.1. The molecule has 11 heteroatoms. The minimum Gasteiger partial charge on any atom is -0.463 e. The number of carbonyl (C=O) groups excluding carboxylic acids is 4. The molecule has 3 amide bonds. The van der Waals surface area contributed by atoms with Crippen molar-refractivity contribution in [1.82, 2.24) is 10.6 Å². The minimum atomic E-state index is -0.737. The van der Waals surface area contributed by atoms with Gasteiger partial charge in [-0.2, -0.15) is 0 Å². The highest BCUT2D eigenvalue weighted by Crippen LogP contribution is 2.17. The SMILES string of the molecule is CCCOCCOCC(=O)NC(C(=O)C(CCCNC(N)=O)Nc1ccc(COC=O)cc1)C(C)C. The fourth-order valence-electron chi connectivity index (χ4n) is 3.36. The Kier molecular flexibility index (Phi) is 15.5. The number of amides is 3. The van der Waals surface area contributed by atoms with Crippen molar-refractivity contribution in [3.63, 3.8) is 0 Å². The summed E-state index contributed by atoms with van der Waals surface area (Å²) in [7, 11) is 0. The molecule has 1 aromatic carbocycles. The highest BCUT2D eigenvalue weighted by Gasteiger charge is 2.30. The molecule has 0 saturated heterocycles. The molecule has 0 bridgehead atoms. The predicted molar refractivity (Wildman–Crippen MR) is 135 cm³/mol. The van der Waals surface area contributed by atoms with Gasteiger partial charge in [-0.25, -0.2) is 4.79 Å². The topological polar surface area (TPSA) is 158 Å². The first-order valence-electron chi connectivity index (χ1n) is 12.2. The van der Waals surface area contributed by atoms with Gasteiger partial charge in [0.25, 0.3) is 6.47 Å². The summed E-state index contributed by atoms with van der Waals surface area (Å²) >= 11 is 0. The third kappa shape index (κ3) is 13.1. The van der Waals surface area contributed by atoms with Gasteiger partial charge in [0.1, 0.15) is 13.2 Å². The van der Waals surface area contributed by atoms with Crippen LogP contribution in [0.2, 0.25) is 0 Å². The molecule has 2 atom stereocenters. The van der Waals surface area contributed by atoms with Crippen LogP contribution in [0.5, 0.6) is 0 Å². The number of urea groups is 1. The number of nitrogens with two attached hydrogens (primary N) is 1. The lowest BCUT2D eigenvalue weighted by molar-refractivity contribution is -0.132. The van der Waals surface area contributed by atoms with Gasteiger partial charge < -0.3 is 35.9 Å². The Balaban J connectivity index is 2.82. The van der Waals surface area contributed by atoms with E-state index in [2.05, 4.69) is 16.0 Å². The van der Waals surface area contributed by atoms with Gasteiger partial charge >= 0.3 is 6.03 Å². The van der Waals surface area contributed by atoms with E-state index in [1.165, 1.54) is 0 Å². The van der Waals surface area contributed by atoms with Crippen LogP contribution in [0.1, 0.15) is 45.6 Å². The first-order chi connectivity index (χ1) is 17.3. The lowest BCUT2D eigenvalue weighted by atomic mass is 9.92. The van der Waals surface area contributed by atoms with Gasteiger partial charge in [0.05, 0.1) is 25.3 Å². The standard InChI is InChI=1S/C25H40N4O7/c1-4-12-34-13-14-35-16-22(31)29-23(18(2)3)24(32)21(6-5-11-27-25(26)33)28-20-9-7-19(8-10-20)15-36-17-30/h7-10,17-18,21,23,28H,4-6,11-16H2,1-3H3,(H,29,31)(H3,26,27,33). The van der Waals surface area contributed by atoms with Crippen molar-refractivity contribution in [2.45, 2.75) is 58.7 Å². The smallest absolute Gasteiger partial charge is 0.312 e. The van der Waals surface area contributed by atoms with E-state index in [9.17, 15) is 19.2 Å². The molecule has 11 nitrogen and oxygen atoms in total. The van der Waals surface area contributed by atoms with Crippen molar-refractivity contribution in [2.24, 2.45) is 11.7 Å². The van der Waals surface area contributed by atoms with E-state index in [1.807, 2.05) is 20.8 Å². The van der Waals surface area contributed by atoms with Crippen LogP contribution in [0.4, 0.5) is 10.5 Å². The van der Waals surface area contributed by atoms with Crippen molar-refractivity contribution in [3.05, 3.63) is 29.8 Å². The van der Waals surface area contributed by atoms with E-state index < -0.39 is 18.1 Å². The van der Waals surface area contributed by atoms with Gasteiger partial charge in [-0.3, -0.25) is 14.4 Å². The zero-order chi connectivity index (χ0) is 26.8. The molecule has 0 fully saturated rings. The molecule has 0 spiro atoms. The molecule has 0 aliphatic heterocycles. The van der Waals surface area contributed by atoms with Crippen molar-refractivity contribution >= 4 is 29.9 Å². The number of Topliss-reactive ketones (excluding diaryl/α,β-unsaturated/α-hetero) is 1. The molecule has 0 heterocycles. The van der Waals surface area contributed by atoms with Crippen molar-refractivity contribution in [2.75, 3.05) is 38.3 Å². The van der Waals surface area contributed by atoms with Crippen LogP contribution >= 0.6 is 0 Å². The van der Waals surface area contributed by atoms with Crippen molar-refractivity contribution < 1.29 is 33.4 Å². The molecule has 0 aliphatic carbocycles. The molecule has 0 saturated carbocycles. The Bertz CT molecular complexity index is 802. The summed E-state index contributed by atoms with van der Waals surface area (Å²) in [6.45, 7) is 7.73. The van der Waals surface area contributed by atoms with Gasteiger partial charge in [0, 0.05) is 18.8 Å². The Hall–Kier alpha value is -3.18. The average Bonchev–Trinajstić information content (AvgIpc) is 2.85. The lowest BCUT2D eigenvalue weighted by Gasteiger charge is -2.27. The highest BCUT2D eigenvalue weighted by atomic mass is 16.5. The van der Waals surface area contributed by atoms with Gasteiger partial charge in [0.2, 0.25) is 5.91 Å². The van der Waals surface area contributed by atoms with Crippen molar-refractivity contribution in [3.8, 4) is 0 Å². The van der Waals surface area contributed by atoms with E-state index in [4.69, 9.17) is 19.9 Å². The normalized spacial score (nSPS) is 12.4. The average molecular weight is 509 g/mol. The van der Waals surface area contributed by atoms with Crippen LogP contribution in [0, 0.1) is 5.92 Å². The van der Waals surface area contributed by atoms with Crippen LogP contribution in [0.15, 0.2) is 24.3 Å². The van der Waals surface area contributed by atoms with E-state index in [0.717, 1.165) is 12.0 Å². The number of carbonyl (C=O) groups is 4. The predicted octanol–water partition coefficient (Wildman–Crippen LogP) is 1.74. The summed E-state index contributed by atoms with van der Waals surface area (Å²) in [5.41, 5.74) is 6.62. The Morgan fingerprint density at radius 2 is 1.75 bits per heavy atom. The fourth-order valence-corrected chi connectivity index (χ4v) is 3.36. The number of hydrogen-bond acceptors (Lipinski definition) is 8. The zero-order valence-corrected chi connectivity index (χ0v) is 21.4. The molecule has 5 N–H and O–H groups in total. The summed E-state index contributed by atoms with van der Waals surface area (Å²) in [6.07, 6.45) is 1.81. The quantitative estimate of drug-likeness (QED) is 0.153. The number of ether oxygens (including phenoxy) is 3. The maximum Gasteiger partial charge on any atom is 0.312 e. The number of nitrogens with one attached hydrogen (secondary N) is 3. The third-order valence-electron chi connectivity index (χ3n) is 5.17. The molecule has 1 rings (SSSR count). The molecule has 2 unspecified atom stereocenters. The fraction of sp³-hybridized carbons (Fsp3) is 0.600. The maximum atomic E-state index is 13.5. The Morgan fingerprint density at radius 3 is 2.36 bits per heavy atom. The number of primary amides is 1. The molecule has 0 radical (unpaired) electrons. The van der Waals surface area contributed by atoms with Gasteiger partial charge in [0.15, 0.2) is 5.78 Å². The third-order valence-corrected chi connectivity index (χ3v) is 5.17. The largest absolute Gasteiger partial charge is 0.463 e. The molecule has 36 heavy (non-hydrogen) atoms. The molecule has 0 aromatic heterocycles. The second-order valence-electron chi connectivity index (χ2n) is 8.59. The highest BCUT2D eigenvalue weighted by molar-refractivity contribution is 5.94. The first-order valence-corrected chi connectivity index (χ1v) is 12.2. The second-order valence-corrected chi connectivity index (χ2v) is 8.59. The summed E-state index contributed by atoms with van der Waals surface area (Å²) in [4.78, 5) is 47.3. The van der Waals surface area contributed by atoms with E-state index in [0.29, 0.717) is 51.4 Å². The maximum absolute atomic E-state index is 13.5. The van der Waals surface area contributed by atoms with Crippen molar-refractivity contribution in [1.29, 1.82) is 0 Å². The lowest BCUT2D eigenvalue weighted by Crippen LogP contribution is -2.51. The number of hydrogen-bond donors (Lipinski definition) is 4. The summed E-state index contributed by atoms with van der Waals surface area (Å²) in [5, 5.41) is 8.54. The number of anilines is 1. The monoisotopic (exact) mass is 508 g/mol. The van der Waals surface area contributed by atoms with Gasteiger partial charge in [-0.1, -0.05) is 32.9 Å². The number of benzene rings is 1.